The van der Waals surface area contributed by atoms with Crippen LogP contribution in [-0.2, 0) is 14.4 Å². The zero-order valence-electron chi connectivity index (χ0n) is 21.5. The number of nitrogens with zero attached hydrogens (tertiary/aromatic N) is 3. The molecular formula is C27H37F3N4O4. The number of piperidine rings is 1. The predicted octanol–water partition coefficient (Wildman–Crippen LogP) is 3.45. The maximum absolute atomic E-state index is 14.0. The molecule has 210 valence electrons. The van der Waals surface area contributed by atoms with Crippen molar-refractivity contribution in [1.29, 1.82) is 5.26 Å². The van der Waals surface area contributed by atoms with Crippen molar-refractivity contribution in [2.45, 2.75) is 107 Å². The summed E-state index contributed by atoms with van der Waals surface area (Å²) < 4.78 is 31.7. The number of carbonyl (C=O) groups is 3. The fourth-order valence-electron chi connectivity index (χ4n) is 9.05. The molecule has 3 aliphatic heterocycles. The number of carboxylic acids is 1. The molecule has 4 saturated carbocycles. The first-order chi connectivity index (χ1) is 17.9. The second kappa shape index (κ2) is 10.00. The van der Waals surface area contributed by atoms with Crippen LogP contribution in [0.5, 0.6) is 0 Å². The lowest BCUT2D eigenvalue weighted by Gasteiger charge is -2.57. The third-order valence-corrected chi connectivity index (χ3v) is 10.2. The summed E-state index contributed by atoms with van der Waals surface area (Å²) in [5.74, 6) is 0.133. The van der Waals surface area contributed by atoms with Gasteiger partial charge in [0.25, 0.3) is 0 Å². The SMILES string of the molecule is N#C[C@@H]1CCCN1C(=O)[C@@H](N)C1CC2CCC(C1)N2C(=O)C12CC3CC(CC(C3)C1)C2.O=C(O)C(F)(F)F. The summed E-state index contributed by atoms with van der Waals surface area (Å²) in [6.45, 7) is 0.654. The number of rotatable bonds is 3. The van der Waals surface area contributed by atoms with E-state index in [1.54, 1.807) is 4.90 Å². The lowest BCUT2D eigenvalue weighted by molar-refractivity contribution is -0.192. The summed E-state index contributed by atoms with van der Waals surface area (Å²) in [4.78, 5) is 39.9. The van der Waals surface area contributed by atoms with Crippen LogP contribution in [0, 0.1) is 40.4 Å². The molecule has 2 unspecified atom stereocenters. The minimum absolute atomic E-state index is 0.0469. The molecule has 7 fully saturated rings. The average Bonchev–Trinajstić information content (AvgIpc) is 3.43. The van der Waals surface area contributed by atoms with Gasteiger partial charge in [0.1, 0.15) is 6.04 Å². The number of hydrogen-bond donors (Lipinski definition) is 2. The van der Waals surface area contributed by atoms with Crippen molar-refractivity contribution in [2.75, 3.05) is 6.54 Å². The van der Waals surface area contributed by atoms with Crippen LogP contribution in [0.4, 0.5) is 13.2 Å². The number of hydrogen-bond acceptors (Lipinski definition) is 5. The lowest BCUT2D eigenvalue weighted by Crippen LogP contribution is -2.60. The molecule has 0 aromatic carbocycles. The van der Waals surface area contributed by atoms with Crippen LogP contribution in [0.1, 0.15) is 77.0 Å². The third kappa shape index (κ3) is 4.89. The minimum atomic E-state index is -5.08. The highest BCUT2D eigenvalue weighted by molar-refractivity contribution is 5.85. The Bertz CT molecular complexity index is 962. The number of amides is 2. The molecule has 4 atom stereocenters. The van der Waals surface area contributed by atoms with Gasteiger partial charge in [-0.1, -0.05) is 0 Å². The normalized spacial score (nSPS) is 39.8. The van der Waals surface area contributed by atoms with Crippen LogP contribution >= 0.6 is 0 Å². The van der Waals surface area contributed by atoms with Crippen molar-refractivity contribution < 1.29 is 32.7 Å². The van der Waals surface area contributed by atoms with E-state index in [1.807, 2.05) is 0 Å². The largest absolute Gasteiger partial charge is 0.490 e. The standard InChI is InChI=1S/C25H36N4O2.C2HF3O2/c26-14-21-2-1-5-28(21)23(30)22(27)18-9-19-3-4-20(10-18)29(19)24(31)25-11-15-6-16(12-25)8-17(7-15)13-25;3-2(4,5)1(6)7/h15-22H,1-13,27H2;(H,6,7)/t15?,16?,17?,18?,19?,20?,21-,22-,25?;/m0./s1. The highest BCUT2D eigenvalue weighted by Crippen LogP contribution is 2.61. The zero-order valence-corrected chi connectivity index (χ0v) is 21.5. The summed E-state index contributed by atoms with van der Waals surface area (Å²) >= 11 is 0. The van der Waals surface area contributed by atoms with Crippen LogP contribution in [-0.4, -0.2) is 69.6 Å². The molecular weight excluding hydrogens is 501 g/mol. The van der Waals surface area contributed by atoms with Crippen molar-refractivity contribution >= 4 is 17.8 Å². The van der Waals surface area contributed by atoms with E-state index in [4.69, 9.17) is 15.6 Å². The molecule has 7 rings (SSSR count). The van der Waals surface area contributed by atoms with Crippen molar-refractivity contribution in [2.24, 2.45) is 34.8 Å². The minimum Gasteiger partial charge on any atom is -0.475 e. The van der Waals surface area contributed by atoms with Crippen molar-refractivity contribution in [3.63, 3.8) is 0 Å². The van der Waals surface area contributed by atoms with Gasteiger partial charge in [-0.25, -0.2) is 4.79 Å². The number of carbonyl (C=O) groups excluding carboxylic acids is 2. The van der Waals surface area contributed by atoms with Crippen molar-refractivity contribution in [1.82, 2.24) is 9.80 Å². The van der Waals surface area contributed by atoms with E-state index in [-0.39, 0.29) is 35.4 Å². The zero-order chi connectivity index (χ0) is 27.4. The van der Waals surface area contributed by atoms with Crippen LogP contribution in [0.2, 0.25) is 0 Å². The number of alkyl halides is 3. The molecule has 3 N–H and O–H groups in total. The Morgan fingerprint density at radius 2 is 1.45 bits per heavy atom. The number of likely N-dealkylation sites (tertiary alicyclic amines) is 1. The van der Waals surface area contributed by atoms with Crippen LogP contribution in [0.15, 0.2) is 0 Å². The van der Waals surface area contributed by atoms with E-state index < -0.39 is 18.2 Å². The topological polar surface area (TPSA) is 128 Å². The number of halogens is 3. The van der Waals surface area contributed by atoms with Gasteiger partial charge in [0.2, 0.25) is 11.8 Å². The van der Waals surface area contributed by atoms with Gasteiger partial charge in [0.15, 0.2) is 0 Å². The smallest absolute Gasteiger partial charge is 0.475 e. The van der Waals surface area contributed by atoms with E-state index in [0.717, 1.165) is 75.5 Å². The molecule has 3 saturated heterocycles. The summed E-state index contributed by atoms with van der Waals surface area (Å²) in [5, 5.41) is 16.5. The van der Waals surface area contributed by atoms with Gasteiger partial charge in [0.05, 0.1) is 17.5 Å². The van der Waals surface area contributed by atoms with Gasteiger partial charge in [-0.05, 0) is 101 Å². The van der Waals surface area contributed by atoms with E-state index in [1.165, 1.54) is 19.3 Å². The number of nitrogens with two attached hydrogens (primary N) is 1. The molecule has 0 aromatic heterocycles. The van der Waals surface area contributed by atoms with Crippen LogP contribution in [0.3, 0.4) is 0 Å². The maximum Gasteiger partial charge on any atom is 0.490 e. The fourth-order valence-corrected chi connectivity index (χ4v) is 9.05. The van der Waals surface area contributed by atoms with E-state index in [9.17, 15) is 28.0 Å². The first-order valence-corrected chi connectivity index (χ1v) is 14.0. The molecule has 0 radical (unpaired) electrons. The molecule has 6 bridgehead atoms. The second-order valence-electron chi connectivity index (χ2n) is 12.7. The first kappa shape index (κ1) is 27.2. The molecule has 8 nitrogen and oxygen atoms in total. The Labute approximate surface area is 220 Å². The van der Waals surface area contributed by atoms with Crippen molar-refractivity contribution in [3.8, 4) is 6.07 Å². The van der Waals surface area contributed by atoms with Gasteiger partial charge in [-0.15, -0.1) is 0 Å². The Morgan fingerprint density at radius 1 is 0.947 bits per heavy atom. The van der Waals surface area contributed by atoms with Gasteiger partial charge >= 0.3 is 12.1 Å². The Balaban J connectivity index is 0.000000374. The summed E-state index contributed by atoms with van der Waals surface area (Å²) in [6, 6.07) is 1.93. The monoisotopic (exact) mass is 538 g/mol. The average molecular weight is 539 g/mol. The highest BCUT2D eigenvalue weighted by atomic mass is 19.4. The molecule has 4 aliphatic carbocycles. The van der Waals surface area contributed by atoms with Gasteiger partial charge < -0.3 is 20.6 Å². The van der Waals surface area contributed by atoms with E-state index >= 15 is 0 Å². The molecule has 3 heterocycles. The molecule has 7 aliphatic rings. The molecule has 11 heteroatoms. The quantitative estimate of drug-likeness (QED) is 0.567. The second-order valence-corrected chi connectivity index (χ2v) is 12.7. The molecule has 0 spiro atoms. The maximum atomic E-state index is 14.0. The number of aliphatic carboxylic acids is 1. The van der Waals surface area contributed by atoms with E-state index in [0.29, 0.717) is 12.5 Å². The Kier molecular flexibility index (Phi) is 7.16. The lowest BCUT2D eigenvalue weighted by atomic mass is 9.49. The number of nitriles is 1. The Morgan fingerprint density at radius 3 is 1.89 bits per heavy atom. The summed E-state index contributed by atoms with van der Waals surface area (Å²) in [6.07, 6.45) is 7.85. The molecule has 0 aromatic rings. The van der Waals surface area contributed by atoms with Gasteiger partial charge in [0, 0.05) is 18.6 Å². The first-order valence-electron chi connectivity index (χ1n) is 14.0. The van der Waals surface area contributed by atoms with E-state index in [2.05, 4.69) is 11.0 Å². The van der Waals surface area contributed by atoms with Gasteiger partial charge in [-0.3, -0.25) is 9.59 Å². The van der Waals surface area contributed by atoms with Gasteiger partial charge in [-0.2, -0.15) is 18.4 Å². The van der Waals surface area contributed by atoms with Crippen LogP contribution < -0.4 is 5.73 Å². The third-order valence-electron chi connectivity index (χ3n) is 10.2. The predicted molar refractivity (Wildman–Crippen MR) is 129 cm³/mol. The molecule has 2 amide bonds. The van der Waals surface area contributed by atoms with Crippen LogP contribution in [0.25, 0.3) is 0 Å². The molecule has 38 heavy (non-hydrogen) atoms. The summed E-state index contributed by atoms with van der Waals surface area (Å²) in [7, 11) is 0. The van der Waals surface area contributed by atoms with Crippen molar-refractivity contribution in [3.05, 3.63) is 0 Å². The fraction of sp³-hybridized carbons (Fsp3) is 0.852. The number of carboxylic acid groups (broad SMARTS) is 1. The number of fused-ring (bicyclic) bond motifs is 2. The highest BCUT2D eigenvalue weighted by Gasteiger charge is 2.58. The summed E-state index contributed by atoms with van der Waals surface area (Å²) in [5.41, 5.74) is 6.43. The Hall–Kier alpha value is -2.35.